The zero-order valence-corrected chi connectivity index (χ0v) is 13.6. The average Bonchev–Trinajstić information content (AvgIpc) is 2.89. The lowest BCUT2D eigenvalue weighted by atomic mass is 10.0. The largest absolute Gasteiger partial charge is 0.479 e. The first-order valence-electron chi connectivity index (χ1n) is 7.44. The number of hydrogen-bond acceptors (Lipinski definition) is 4. The van der Waals surface area contributed by atoms with Crippen molar-refractivity contribution in [3.63, 3.8) is 0 Å². The van der Waals surface area contributed by atoms with Crippen molar-refractivity contribution in [3.05, 3.63) is 59.4 Å². The van der Waals surface area contributed by atoms with Gasteiger partial charge in [0.2, 0.25) is 0 Å². The molecule has 2 aromatic rings. The van der Waals surface area contributed by atoms with E-state index in [1.807, 2.05) is 0 Å². The highest BCUT2D eigenvalue weighted by molar-refractivity contribution is 6.01. The third-order valence-corrected chi connectivity index (χ3v) is 3.60. The van der Waals surface area contributed by atoms with Crippen molar-refractivity contribution in [2.24, 2.45) is 0 Å². The van der Waals surface area contributed by atoms with Crippen LogP contribution in [0.25, 0.3) is 0 Å². The van der Waals surface area contributed by atoms with Crippen LogP contribution in [0.15, 0.2) is 36.9 Å². The number of hydrogen-bond donors (Lipinski definition) is 4. The summed E-state index contributed by atoms with van der Waals surface area (Å²) in [7, 11) is 0. The molecular weight excluding hydrogens is 308 g/mol. The number of nitrogens with zero attached hydrogens (tertiary/aromatic N) is 1. The Hall–Kier alpha value is -3.09. The number of amides is 1. The van der Waals surface area contributed by atoms with Gasteiger partial charge in [-0.05, 0) is 26.0 Å². The topological polar surface area (TPSA) is 107 Å². The highest BCUT2D eigenvalue weighted by Gasteiger charge is 2.28. The van der Waals surface area contributed by atoms with Crippen LogP contribution in [0.3, 0.4) is 0 Å². The molecule has 7 nitrogen and oxygen atoms in total. The number of aromatic nitrogens is 2. The van der Waals surface area contributed by atoms with E-state index in [9.17, 15) is 14.7 Å². The van der Waals surface area contributed by atoms with Crippen LogP contribution in [0, 0.1) is 13.8 Å². The van der Waals surface area contributed by atoms with E-state index < -0.39 is 17.9 Å². The van der Waals surface area contributed by atoms with Gasteiger partial charge in [0.05, 0.1) is 11.3 Å². The van der Waals surface area contributed by atoms with Gasteiger partial charge in [0.1, 0.15) is 0 Å². The highest BCUT2D eigenvalue weighted by Crippen LogP contribution is 2.22. The number of carboxylic acid groups (broad SMARTS) is 1. The van der Waals surface area contributed by atoms with Crippen molar-refractivity contribution < 1.29 is 14.7 Å². The molecule has 0 saturated heterocycles. The first-order chi connectivity index (χ1) is 11.5. The van der Waals surface area contributed by atoms with Crippen LogP contribution in [0.4, 0.5) is 5.69 Å². The van der Waals surface area contributed by atoms with Gasteiger partial charge in [-0.2, -0.15) is 5.10 Å². The van der Waals surface area contributed by atoms with Gasteiger partial charge in [-0.1, -0.05) is 18.2 Å². The van der Waals surface area contributed by atoms with E-state index in [-0.39, 0.29) is 0 Å². The minimum atomic E-state index is -1.18. The highest BCUT2D eigenvalue weighted by atomic mass is 16.4. The number of aliphatic carboxylic acids is 1. The summed E-state index contributed by atoms with van der Waals surface area (Å²) in [6.45, 7) is 7.53. The van der Waals surface area contributed by atoms with E-state index in [2.05, 4.69) is 27.4 Å². The zero-order valence-electron chi connectivity index (χ0n) is 13.6. The number of benzene rings is 1. The molecular formula is C17H20N4O3. The molecule has 1 aromatic heterocycles. The number of carbonyl (C=O) groups is 2. The molecule has 0 aliphatic heterocycles. The van der Waals surface area contributed by atoms with Crippen molar-refractivity contribution in [3.8, 4) is 0 Å². The Bertz CT molecular complexity index is 747. The van der Waals surface area contributed by atoms with E-state index in [4.69, 9.17) is 0 Å². The first-order valence-corrected chi connectivity index (χ1v) is 7.44. The monoisotopic (exact) mass is 328 g/mol. The summed E-state index contributed by atoms with van der Waals surface area (Å²) in [5, 5.41) is 21.9. The lowest BCUT2D eigenvalue weighted by Crippen LogP contribution is -2.34. The lowest BCUT2D eigenvalue weighted by molar-refractivity contribution is -0.139. The summed E-state index contributed by atoms with van der Waals surface area (Å²) in [6.07, 6.45) is 1.67. The molecule has 0 fully saturated rings. The van der Waals surface area contributed by atoms with Crippen LogP contribution in [0.5, 0.6) is 0 Å². The van der Waals surface area contributed by atoms with Crippen molar-refractivity contribution in [1.82, 2.24) is 15.5 Å². The number of rotatable bonds is 7. The SMILES string of the molecule is C=CCNc1ccccc1C(=O)N[C@H](C(=O)O)c1c(C)n[nH]c1C. The first kappa shape index (κ1) is 17.3. The molecule has 1 heterocycles. The Morgan fingerprint density at radius 2 is 2.08 bits per heavy atom. The third kappa shape index (κ3) is 3.62. The van der Waals surface area contributed by atoms with E-state index in [1.165, 1.54) is 0 Å². The Labute approximate surface area is 139 Å². The normalized spacial score (nSPS) is 11.6. The molecule has 4 N–H and O–H groups in total. The minimum Gasteiger partial charge on any atom is -0.479 e. The lowest BCUT2D eigenvalue weighted by Gasteiger charge is -2.17. The summed E-state index contributed by atoms with van der Waals surface area (Å²) < 4.78 is 0. The van der Waals surface area contributed by atoms with Crippen molar-refractivity contribution in [2.75, 3.05) is 11.9 Å². The predicted octanol–water partition coefficient (Wildman–Crippen LogP) is 2.18. The fourth-order valence-electron chi connectivity index (χ4n) is 2.47. The van der Waals surface area contributed by atoms with Crippen LogP contribution in [-0.4, -0.2) is 33.7 Å². The van der Waals surface area contributed by atoms with Gasteiger partial charge >= 0.3 is 5.97 Å². The van der Waals surface area contributed by atoms with E-state index in [0.29, 0.717) is 34.7 Å². The van der Waals surface area contributed by atoms with E-state index in [0.717, 1.165) is 0 Å². The quantitative estimate of drug-likeness (QED) is 0.583. The number of anilines is 1. The third-order valence-electron chi connectivity index (χ3n) is 3.60. The Kier molecular flexibility index (Phi) is 5.36. The fraction of sp³-hybridized carbons (Fsp3) is 0.235. The van der Waals surface area contributed by atoms with Gasteiger partial charge in [0.25, 0.3) is 5.91 Å². The molecule has 1 aromatic carbocycles. The zero-order chi connectivity index (χ0) is 17.7. The summed E-state index contributed by atoms with van der Waals surface area (Å²) in [5.74, 6) is -1.62. The van der Waals surface area contributed by atoms with Crippen LogP contribution >= 0.6 is 0 Å². The number of aromatic amines is 1. The van der Waals surface area contributed by atoms with Gasteiger partial charge in [0, 0.05) is 23.5 Å². The number of nitrogens with one attached hydrogen (secondary N) is 3. The van der Waals surface area contributed by atoms with Gasteiger partial charge in [0.15, 0.2) is 6.04 Å². The molecule has 1 amide bonds. The molecule has 0 radical (unpaired) electrons. The Morgan fingerprint density at radius 3 is 2.67 bits per heavy atom. The molecule has 0 bridgehead atoms. The molecule has 24 heavy (non-hydrogen) atoms. The smallest absolute Gasteiger partial charge is 0.331 e. The number of H-pyrrole nitrogens is 1. The number of aryl methyl sites for hydroxylation is 2. The van der Waals surface area contributed by atoms with Gasteiger partial charge in [-0.25, -0.2) is 4.79 Å². The van der Waals surface area contributed by atoms with Crippen molar-refractivity contribution >= 4 is 17.6 Å². The molecule has 0 aliphatic carbocycles. The maximum absolute atomic E-state index is 12.6. The average molecular weight is 328 g/mol. The van der Waals surface area contributed by atoms with Crippen LogP contribution in [0.2, 0.25) is 0 Å². The molecule has 126 valence electrons. The molecule has 1 atom stereocenters. The maximum atomic E-state index is 12.6. The van der Waals surface area contributed by atoms with Crippen LogP contribution < -0.4 is 10.6 Å². The van der Waals surface area contributed by atoms with Crippen LogP contribution in [0.1, 0.15) is 33.4 Å². The summed E-state index contributed by atoms with van der Waals surface area (Å²) in [6, 6.07) is 5.72. The maximum Gasteiger partial charge on any atom is 0.331 e. The second kappa shape index (κ2) is 7.45. The fourth-order valence-corrected chi connectivity index (χ4v) is 2.47. The van der Waals surface area contributed by atoms with Crippen molar-refractivity contribution in [1.29, 1.82) is 0 Å². The minimum absolute atomic E-state index is 0.365. The number of para-hydroxylation sites is 1. The molecule has 2 rings (SSSR count). The molecule has 0 unspecified atom stereocenters. The van der Waals surface area contributed by atoms with Gasteiger partial charge in [-0.15, -0.1) is 6.58 Å². The Balaban J connectivity index is 2.30. The number of carbonyl (C=O) groups excluding carboxylic acids is 1. The number of carboxylic acids is 1. The van der Waals surface area contributed by atoms with Gasteiger partial charge in [-0.3, -0.25) is 9.89 Å². The summed E-state index contributed by atoms with van der Waals surface area (Å²) >= 11 is 0. The summed E-state index contributed by atoms with van der Waals surface area (Å²) in [4.78, 5) is 24.2. The Morgan fingerprint density at radius 1 is 1.38 bits per heavy atom. The van der Waals surface area contributed by atoms with Crippen LogP contribution in [-0.2, 0) is 4.79 Å². The molecule has 0 spiro atoms. The van der Waals surface area contributed by atoms with E-state index >= 15 is 0 Å². The molecule has 0 aliphatic rings. The van der Waals surface area contributed by atoms with Gasteiger partial charge < -0.3 is 15.7 Å². The predicted molar refractivity (Wildman–Crippen MR) is 91.0 cm³/mol. The van der Waals surface area contributed by atoms with E-state index in [1.54, 1.807) is 44.2 Å². The molecule has 7 heteroatoms. The second-order valence-electron chi connectivity index (χ2n) is 5.31. The standard InChI is InChI=1S/C17H20N4O3/c1-4-9-18-13-8-6-5-7-12(13)16(22)19-15(17(23)24)14-10(2)20-21-11(14)3/h4-8,15,18H,1,9H2,2-3H3,(H,19,22)(H,20,21)(H,23,24)/t15-/m0/s1. The van der Waals surface area contributed by atoms with Crippen molar-refractivity contribution in [2.45, 2.75) is 19.9 Å². The second-order valence-corrected chi connectivity index (χ2v) is 5.31. The molecule has 0 saturated carbocycles. The summed E-state index contributed by atoms with van der Waals surface area (Å²) in [5.41, 5.74) is 2.59.